The molecule has 0 aliphatic rings. The number of esters is 1. The van der Waals surface area contributed by atoms with E-state index < -0.39 is 23.6 Å². The number of halogens is 3. The largest absolute Gasteiger partial charge is 0.465 e. The van der Waals surface area contributed by atoms with Crippen molar-refractivity contribution >= 4 is 29.3 Å². The molecule has 0 radical (unpaired) electrons. The fraction of sp³-hybridized carbons (Fsp3) is 0.188. The summed E-state index contributed by atoms with van der Waals surface area (Å²) in [5.41, 5.74) is -0.357. The number of carbonyl (C=O) groups excluding carboxylic acids is 2. The van der Waals surface area contributed by atoms with E-state index in [1.165, 1.54) is 19.2 Å². The third kappa shape index (κ3) is 5.21. The molecule has 0 saturated carbocycles. The van der Waals surface area contributed by atoms with Gasteiger partial charge < -0.3 is 10.1 Å². The number of thioether (sulfide) groups is 1. The number of carbonyl (C=O) groups is 2. The van der Waals surface area contributed by atoms with E-state index in [2.05, 4.69) is 15.0 Å². The predicted molar refractivity (Wildman–Crippen MR) is 86.4 cm³/mol. The van der Waals surface area contributed by atoms with Crippen molar-refractivity contribution in [2.75, 3.05) is 18.2 Å². The summed E-state index contributed by atoms with van der Waals surface area (Å²) in [7, 11) is 1.23. The molecular weight excluding hydrogens is 357 g/mol. The highest BCUT2D eigenvalue weighted by atomic mass is 32.2. The molecular formula is C16H13F3N2O3S. The van der Waals surface area contributed by atoms with Crippen LogP contribution in [0.2, 0.25) is 0 Å². The highest BCUT2D eigenvalue weighted by molar-refractivity contribution is 7.99. The number of hydrogen-bond acceptors (Lipinski definition) is 5. The molecule has 0 aliphatic heterocycles. The molecule has 9 heteroatoms. The Kier molecular flexibility index (Phi) is 6.02. The molecule has 132 valence electrons. The molecule has 5 nitrogen and oxygen atoms in total. The molecule has 1 N–H and O–H groups in total. The highest BCUT2D eigenvalue weighted by Crippen LogP contribution is 2.29. The number of para-hydroxylation sites is 1. The predicted octanol–water partition coefficient (Wildman–Crippen LogP) is 3.62. The summed E-state index contributed by atoms with van der Waals surface area (Å²) in [5, 5.41) is 2.85. The monoisotopic (exact) mass is 370 g/mol. The second kappa shape index (κ2) is 8.02. The second-order valence-corrected chi connectivity index (χ2v) is 5.75. The van der Waals surface area contributed by atoms with Crippen molar-refractivity contribution in [3.05, 3.63) is 53.7 Å². The third-order valence-corrected chi connectivity index (χ3v) is 3.97. The molecule has 0 aliphatic carbocycles. The number of pyridine rings is 1. The van der Waals surface area contributed by atoms with Crippen LogP contribution in [0.4, 0.5) is 18.9 Å². The number of nitrogens with zero attached hydrogens (tertiary/aromatic N) is 1. The zero-order valence-electron chi connectivity index (χ0n) is 13.0. The molecule has 0 spiro atoms. The minimum absolute atomic E-state index is 0.0755. The number of hydrogen-bond donors (Lipinski definition) is 1. The summed E-state index contributed by atoms with van der Waals surface area (Å²) in [6.45, 7) is 0. The topological polar surface area (TPSA) is 68.3 Å². The Labute approximate surface area is 145 Å². The molecule has 0 atom stereocenters. The van der Waals surface area contributed by atoms with Crippen molar-refractivity contribution in [1.82, 2.24) is 4.98 Å². The lowest BCUT2D eigenvalue weighted by Crippen LogP contribution is -2.17. The first-order chi connectivity index (χ1) is 11.8. The van der Waals surface area contributed by atoms with Gasteiger partial charge in [0.15, 0.2) is 0 Å². The maximum atomic E-state index is 12.5. The number of alkyl halides is 3. The highest BCUT2D eigenvalue weighted by Gasteiger charge is 2.30. The van der Waals surface area contributed by atoms with Gasteiger partial charge in [-0.15, -0.1) is 0 Å². The lowest BCUT2D eigenvalue weighted by Gasteiger charge is -2.09. The molecule has 1 amide bonds. The third-order valence-electron chi connectivity index (χ3n) is 3.02. The second-order valence-electron chi connectivity index (χ2n) is 4.76. The van der Waals surface area contributed by atoms with Crippen LogP contribution in [0.25, 0.3) is 0 Å². The summed E-state index contributed by atoms with van der Waals surface area (Å²) in [6, 6.07) is 8.43. The molecule has 0 bridgehead atoms. The van der Waals surface area contributed by atoms with E-state index in [1.807, 2.05) is 0 Å². The Bertz CT molecular complexity index is 764. The van der Waals surface area contributed by atoms with Gasteiger partial charge in [-0.1, -0.05) is 23.9 Å². The average Bonchev–Trinajstić information content (AvgIpc) is 2.59. The van der Waals surface area contributed by atoms with Gasteiger partial charge in [0.05, 0.1) is 34.7 Å². The van der Waals surface area contributed by atoms with Crippen LogP contribution in [0, 0.1) is 0 Å². The van der Waals surface area contributed by atoms with Crippen LogP contribution in [-0.4, -0.2) is 29.7 Å². The summed E-state index contributed by atoms with van der Waals surface area (Å²) >= 11 is 0.980. The Morgan fingerprint density at radius 1 is 1.20 bits per heavy atom. The fourth-order valence-corrected chi connectivity index (χ4v) is 2.48. The maximum Gasteiger partial charge on any atom is 0.417 e. The van der Waals surface area contributed by atoms with Crippen LogP contribution in [0.15, 0.2) is 47.6 Å². The van der Waals surface area contributed by atoms with Crippen LogP contribution >= 0.6 is 11.8 Å². The Morgan fingerprint density at radius 3 is 2.52 bits per heavy atom. The summed E-state index contributed by atoms with van der Waals surface area (Å²) in [5.74, 6) is -1.09. The molecule has 0 fully saturated rings. The molecule has 0 saturated heterocycles. The molecule has 1 heterocycles. The van der Waals surface area contributed by atoms with Gasteiger partial charge in [0.2, 0.25) is 5.91 Å². The molecule has 1 aromatic carbocycles. The van der Waals surface area contributed by atoms with Crippen LogP contribution in [0.3, 0.4) is 0 Å². The summed E-state index contributed by atoms with van der Waals surface area (Å²) in [4.78, 5) is 27.3. The first kappa shape index (κ1) is 18.8. The van der Waals surface area contributed by atoms with E-state index in [9.17, 15) is 22.8 Å². The van der Waals surface area contributed by atoms with Gasteiger partial charge >= 0.3 is 12.1 Å². The number of aromatic nitrogens is 1. The van der Waals surface area contributed by atoms with E-state index >= 15 is 0 Å². The van der Waals surface area contributed by atoms with Gasteiger partial charge in [0.1, 0.15) is 0 Å². The maximum absolute atomic E-state index is 12.5. The van der Waals surface area contributed by atoms with Gasteiger partial charge in [-0.05, 0) is 24.3 Å². The van der Waals surface area contributed by atoms with Crippen molar-refractivity contribution in [3.63, 3.8) is 0 Å². The van der Waals surface area contributed by atoms with Crippen molar-refractivity contribution in [1.29, 1.82) is 0 Å². The minimum atomic E-state index is -4.45. The molecule has 2 aromatic rings. The lowest BCUT2D eigenvalue weighted by molar-refractivity contribution is -0.137. The number of amides is 1. The van der Waals surface area contributed by atoms with Crippen LogP contribution in [-0.2, 0) is 15.7 Å². The normalized spacial score (nSPS) is 11.0. The molecule has 1 aromatic heterocycles. The first-order valence-electron chi connectivity index (χ1n) is 6.94. The van der Waals surface area contributed by atoms with Gasteiger partial charge in [0, 0.05) is 6.20 Å². The van der Waals surface area contributed by atoms with Crippen molar-refractivity contribution < 1.29 is 27.5 Å². The van der Waals surface area contributed by atoms with E-state index in [0.717, 1.165) is 17.8 Å². The molecule has 0 unspecified atom stereocenters. The standard InChI is InChI=1S/C16H13F3N2O3S/c1-24-15(23)11-4-2-3-5-12(11)21-13(22)9-25-14-7-6-10(8-20-14)16(17,18)19/h2-8H,9H2,1H3,(H,21,22). The molecule has 25 heavy (non-hydrogen) atoms. The van der Waals surface area contributed by atoms with Crippen molar-refractivity contribution in [2.45, 2.75) is 11.2 Å². The van der Waals surface area contributed by atoms with Crippen LogP contribution in [0.1, 0.15) is 15.9 Å². The van der Waals surface area contributed by atoms with E-state index in [-0.39, 0.29) is 16.3 Å². The van der Waals surface area contributed by atoms with Crippen molar-refractivity contribution in [3.8, 4) is 0 Å². The summed E-state index contributed by atoms with van der Waals surface area (Å²) in [6.07, 6.45) is -3.74. The Balaban J connectivity index is 1.97. The van der Waals surface area contributed by atoms with E-state index in [0.29, 0.717) is 11.9 Å². The average molecular weight is 370 g/mol. The van der Waals surface area contributed by atoms with E-state index in [4.69, 9.17) is 0 Å². The van der Waals surface area contributed by atoms with Gasteiger partial charge in [0.25, 0.3) is 0 Å². The van der Waals surface area contributed by atoms with Crippen LogP contribution in [0.5, 0.6) is 0 Å². The molecule has 2 rings (SSSR count). The van der Waals surface area contributed by atoms with Gasteiger partial charge in [-0.3, -0.25) is 4.79 Å². The minimum Gasteiger partial charge on any atom is -0.465 e. The smallest absolute Gasteiger partial charge is 0.417 e. The van der Waals surface area contributed by atoms with Crippen LogP contribution < -0.4 is 5.32 Å². The number of benzene rings is 1. The Morgan fingerprint density at radius 2 is 1.92 bits per heavy atom. The number of nitrogens with one attached hydrogen (secondary N) is 1. The lowest BCUT2D eigenvalue weighted by atomic mass is 10.2. The SMILES string of the molecule is COC(=O)c1ccccc1NC(=O)CSc1ccc(C(F)(F)F)cn1. The zero-order valence-corrected chi connectivity index (χ0v) is 13.8. The number of anilines is 1. The fourth-order valence-electron chi connectivity index (χ4n) is 1.84. The zero-order chi connectivity index (χ0) is 18.4. The van der Waals surface area contributed by atoms with E-state index in [1.54, 1.807) is 18.2 Å². The Hall–Kier alpha value is -2.55. The first-order valence-corrected chi connectivity index (χ1v) is 7.93. The number of ether oxygens (including phenoxy) is 1. The van der Waals surface area contributed by atoms with Crippen molar-refractivity contribution in [2.24, 2.45) is 0 Å². The summed E-state index contributed by atoms with van der Waals surface area (Å²) < 4.78 is 42.0. The number of methoxy groups -OCH3 is 1. The quantitative estimate of drug-likeness (QED) is 0.643. The van der Waals surface area contributed by atoms with Gasteiger partial charge in [-0.25, -0.2) is 9.78 Å². The van der Waals surface area contributed by atoms with Gasteiger partial charge in [-0.2, -0.15) is 13.2 Å². The number of rotatable bonds is 5.